The molecule has 3 heterocycles. The average Bonchev–Trinajstić information content (AvgIpc) is 2.80. The highest BCUT2D eigenvalue weighted by molar-refractivity contribution is 5.76. The lowest BCUT2D eigenvalue weighted by atomic mass is 10.1. The van der Waals surface area contributed by atoms with Gasteiger partial charge in [0.25, 0.3) is 5.56 Å². The van der Waals surface area contributed by atoms with Crippen molar-refractivity contribution in [2.24, 2.45) is 0 Å². The number of aryl methyl sites for hydroxylation is 1. The third-order valence-electron chi connectivity index (χ3n) is 5.74. The Morgan fingerprint density at radius 3 is 2.42 bits per heavy atom. The molecule has 0 saturated carbocycles. The van der Waals surface area contributed by atoms with E-state index in [1.54, 1.807) is 24.5 Å². The first-order chi connectivity index (χ1) is 15.1. The van der Waals surface area contributed by atoms with Gasteiger partial charge in [0, 0.05) is 68.4 Å². The predicted octanol–water partition coefficient (Wildman–Crippen LogP) is 2.42. The van der Waals surface area contributed by atoms with Crippen molar-refractivity contribution in [3.05, 3.63) is 82.0 Å². The molecule has 7 nitrogen and oxygen atoms in total. The van der Waals surface area contributed by atoms with Crippen LogP contribution in [0.3, 0.4) is 0 Å². The highest BCUT2D eigenvalue weighted by Crippen LogP contribution is 2.14. The topological polar surface area (TPSA) is 82.2 Å². The molecule has 7 heteroatoms. The van der Waals surface area contributed by atoms with E-state index in [0.29, 0.717) is 29.9 Å². The molecular formula is C24H27N5O2. The van der Waals surface area contributed by atoms with E-state index < -0.39 is 0 Å². The van der Waals surface area contributed by atoms with Gasteiger partial charge in [-0.05, 0) is 31.0 Å². The van der Waals surface area contributed by atoms with E-state index in [4.69, 9.17) is 0 Å². The summed E-state index contributed by atoms with van der Waals surface area (Å²) in [7, 11) is 0. The van der Waals surface area contributed by atoms with E-state index in [1.165, 1.54) is 5.56 Å². The first-order valence-corrected chi connectivity index (χ1v) is 10.6. The van der Waals surface area contributed by atoms with Crippen molar-refractivity contribution < 1.29 is 4.79 Å². The fourth-order valence-corrected chi connectivity index (χ4v) is 3.94. The number of carbonyl (C=O) groups is 1. The summed E-state index contributed by atoms with van der Waals surface area (Å²) in [5, 5.41) is 0. The van der Waals surface area contributed by atoms with Crippen molar-refractivity contribution >= 4 is 5.91 Å². The second-order valence-electron chi connectivity index (χ2n) is 7.86. The van der Waals surface area contributed by atoms with Crippen LogP contribution in [0.2, 0.25) is 0 Å². The first kappa shape index (κ1) is 20.9. The Morgan fingerprint density at radius 2 is 1.74 bits per heavy atom. The zero-order valence-electron chi connectivity index (χ0n) is 17.8. The number of benzene rings is 1. The molecule has 0 spiro atoms. The molecule has 2 aromatic heterocycles. The maximum atomic E-state index is 12.7. The predicted molar refractivity (Wildman–Crippen MR) is 119 cm³/mol. The van der Waals surface area contributed by atoms with Gasteiger partial charge in [0.2, 0.25) is 5.91 Å². The van der Waals surface area contributed by atoms with Crippen LogP contribution in [0.4, 0.5) is 0 Å². The van der Waals surface area contributed by atoms with Gasteiger partial charge in [-0.15, -0.1) is 0 Å². The molecule has 4 rings (SSSR count). The van der Waals surface area contributed by atoms with Crippen molar-refractivity contribution in [3.8, 4) is 11.4 Å². The standard InChI is InChI=1S/C24H27N5O2/c1-18-21(24(31)27-23(26-18)20-9-11-25-12-10-20)7-8-22(30)29-15-13-28(14-16-29)17-19-5-3-2-4-6-19/h2-6,9-12H,7-8,13-17H2,1H3,(H,26,27,31). The smallest absolute Gasteiger partial charge is 0.254 e. The summed E-state index contributed by atoms with van der Waals surface area (Å²) < 4.78 is 0. The molecule has 1 fully saturated rings. The van der Waals surface area contributed by atoms with Crippen LogP contribution in [-0.4, -0.2) is 56.8 Å². The fraction of sp³-hybridized carbons (Fsp3) is 0.333. The van der Waals surface area contributed by atoms with E-state index >= 15 is 0 Å². The average molecular weight is 418 g/mol. The molecule has 1 N–H and O–H groups in total. The Hall–Kier alpha value is -3.32. The van der Waals surface area contributed by atoms with Crippen LogP contribution in [0.25, 0.3) is 11.4 Å². The zero-order chi connectivity index (χ0) is 21.6. The Morgan fingerprint density at radius 1 is 1.03 bits per heavy atom. The molecule has 1 aliphatic heterocycles. The summed E-state index contributed by atoms with van der Waals surface area (Å²) in [4.78, 5) is 40.9. The van der Waals surface area contributed by atoms with Crippen LogP contribution in [0.15, 0.2) is 59.7 Å². The number of pyridine rings is 1. The molecule has 1 saturated heterocycles. The third-order valence-corrected chi connectivity index (χ3v) is 5.74. The number of hydrogen-bond acceptors (Lipinski definition) is 5. The number of H-pyrrole nitrogens is 1. The van der Waals surface area contributed by atoms with Gasteiger partial charge >= 0.3 is 0 Å². The monoisotopic (exact) mass is 417 g/mol. The molecule has 3 aromatic rings. The van der Waals surface area contributed by atoms with Crippen LogP contribution < -0.4 is 5.56 Å². The number of carbonyl (C=O) groups excluding carboxylic acids is 1. The van der Waals surface area contributed by atoms with Gasteiger partial charge in [0.05, 0.1) is 0 Å². The maximum Gasteiger partial charge on any atom is 0.254 e. The lowest BCUT2D eigenvalue weighted by Gasteiger charge is -2.34. The van der Waals surface area contributed by atoms with Gasteiger partial charge < -0.3 is 9.88 Å². The number of piperazine rings is 1. The van der Waals surface area contributed by atoms with E-state index in [-0.39, 0.29) is 11.5 Å². The van der Waals surface area contributed by atoms with Crippen LogP contribution in [0, 0.1) is 6.92 Å². The summed E-state index contributed by atoms with van der Waals surface area (Å²) in [6.07, 6.45) is 4.04. The first-order valence-electron chi connectivity index (χ1n) is 10.6. The minimum atomic E-state index is -0.181. The number of amides is 1. The SMILES string of the molecule is Cc1nc(-c2ccncc2)[nH]c(=O)c1CCC(=O)N1CCN(Cc2ccccc2)CC1. The van der Waals surface area contributed by atoms with Crippen molar-refractivity contribution in [1.82, 2.24) is 24.8 Å². The maximum absolute atomic E-state index is 12.7. The Kier molecular flexibility index (Phi) is 6.52. The number of nitrogens with zero attached hydrogens (tertiary/aromatic N) is 4. The normalized spacial score (nSPS) is 14.5. The molecular weight excluding hydrogens is 390 g/mol. The lowest BCUT2D eigenvalue weighted by Crippen LogP contribution is -2.48. The van der Waals surface area contributed by atoms with Crippen LogP contribution in [-0.2, 0) is 17.8 Å². The lowest BCUT2D eigenvalue weighted by molar-refractivity contribution is -0.133. The highest BCUT2D eigenvalue weighted by atomic mass is 16.2. The van der Waals surface area contributed by atoms with E-state index in [1.807, 2.05) is 17.9 Å². The summed E-state index contributed by atoms with van der Waals surface area (Å²) in [5.74, 6) is 0.617. The molecule has 0 aliphatic carbocycles. The quantitative estimate of drug-likeness (QED) is 0.666. The largest absolute Gasteiger partial charge is 0.340 e. The molecule has 1 amide bonds. The minimum absolute atomic E-state index is 0.0939. The Balaban J connectivity index is 1.31. The number of nitrogens with one attached hydrogen (secondary N) is 1. The number of hydrogen-bond donors (Lipinski definition) is 1. The number of aromatic amines is 1. The van der Waals surface area contributed by atoms with Gasteiger partial charge in [-0.25, -0.2) is 4.98 Å². The molecule has 1 aliphatic rings. The van der Waals surface area contributed by atoms with E-state index in [9.17, 15) is 9.59 Å². The Bertz CT molecular complexity index is 1070. The van der Waals surface area contributed by atoms with E-state index in [0.717, 1.165) is 38.3 Å². The number of aromatic nitrogens is 3. The van der Waals surface area contributed by atoms with Gasteiger partial charge in [-0.1, -0.05) is 30.3 Å². The van der Waals surface area contributed by atoms with Crippen LogP contribution in [0.5, 0.6) is 0 Å². The summed E-state index contributed by atoms with van der Waals surface area (Å²) in [6, 6.07) is 14.0. The van der Waals surface area contributed by atoms with Gasteiger partial charge in [-0.2, -0.15) is 0 Å². The molecule has 0 bridgehead atoms. The number of rotatable bonds is 6. The summed E-state index contributed by atoms with van der Waals surface area (Å²) in [5.41, 5.74) is 3.16. The van der Waals surface area contributed by atoms with Crippen LogP contribution >= 0.6 is 0 Å². The third kappa shape index (κ3) is 5.24. The molecule has 160 valence electrons. The summed E-state index contributed by atoms with van der Waals surface area (Å²) in [6.45, 7) is 5.90. The summed E-state index contributed by atoms with van der Waals surface area (Å²) >= 11 is 0. The molecule has 0 radical (unpaired) electrons. The van der Waals surface area contributed by atoms with Crippen molar-refractivity contribution in [2.75, 3.05) is 26.2 Å². The zero-order valence-corrected chi connectivity index (χ0v) is 17.8. The minimum Gasteiger partial charge on any atom is -0.340 e. The van der Waals surface area contributed by atoms with Gasteiger partial charge in [0.1, 0.15) is 5.82 Å². The molecule has 0 unspecified atom stereocenters. The second-order valence-corrected chi connectivity index (χ2v) is 7.86. The molecule has 1 aromatic carbocycles. The molecule has 31 heavy (non-hydrogen) atoms. The molecule has 0 atom stereocenters. The van der Waals surface area contributed by atoms with Crippen LogP contribution in [0.1, 0.15) is 23.2 Å². The second kappa shape index (κ2) is 9.66. The van der Waals surface area contributed by atoms with Crippen molar-refractivity contribution in [2.45, 2.75) is 26.3 Å². The van der Waals surface area contributed by atoms with Gasteiger partial charge in [0.15, 0.2) is 0 Å². The Labute approximate surface area is 181 Å². The van der Waals surface area contributed by atoms with Gasteiger partial charge in [-0.3, -0.25) is 19.5 Å². The van der Waals surface area contributed by atoms with E-state index in [2.05, 4.69) is 44.1 Å². The fourth-order valence-electron chi connectivity index (χ4n) is 3.94. The van der Waals surface area contributed by atoms with Crippen molar-refractivity contribution in [1.29, 1.82) is 0 Å². The van der Waals surface area contributed by atoms with Crippen molar-refractivity contribution in [3.63, 3.8) is 0 Å². The highest BCUT2D eigenvalue weighted by Gasteiger charge is 2.21.